The first-order chi connectivity index (χ1) is 18.1. The highest BCUT2D eigenvalue weighted by Crippen LogP contribution is 2.32. The van der Waals surface area contributed by atoms with Crippen LogP contribution in [0.5, 0.6) is 0 Å². The zero-order valence-corrected chi connectivity index (χ0v) is 19.3. The smallest absolute Gasteiger partial charge is 0.394 e. The van der Waals surface area contributed by atoms with E-state index >= 15 is 0 Å². The molecule has 0 bridgehead atoms. The third-order valence-corrected chi connectivity index (χ3v) is 5.61. The summed E-state index contributed by atoms with van der Waals surface area (Å²) in [5.41, 5.74) is 0.887. The average molecular weight is 535 g/mol. The number of alkyl halides is 3. The first-order valence-corrected chi connectivity index (χ1v) is 11.1. The molecule has 16 heteroatoms. The van der Waals surface area contributed by atoms with Crippen LogP contribution in [0.1, 0.15) is 23.8 Å². The van der Waals surface area contributed by atoms with Crippen molar-refractivity contribution in [2.45, 2.75) is 37.6 Å². The fourth-order valence-corrected chi connectivity index (χ4v) is 3.75. The number of aliphatic hydroxyl groups is 2. The molecule has 0 aliphatic carbocycles. The predicted octanol–water partition coefficient (Wildman–Crippen LogP) is 1.02. The normalized spacial score (nSPS) is 19.1. The molecular formula is C22H20F3N7O6. The van der Waals surface area contributed by atoms with Gasteiger partial charge in [0.1, 0.15) is 18.7 Å². The molecule has 4 rings (SSSR count). The summed E-state index contributed by atoms with van der Waals surface area (Å²) in [6.45, 7) is -0.961. The van der Waals surface area contributed by atoms with Crippen molar-refractivity contribution in [3.63, 3.8) is 0 Å². The van der Waals surface area contributed by atoms with Gasteiger partial charge in [0.25, 0.3) is 5.69 Å². The minimum Gasteiger partial charge on any atom is -0.394 e. The second kappa shape index (κ2) is 11.0. The van der Waals surface area contributed by atoms with E-state index < -0.39 is 42.0 Å². The zero-order valence-electron chi connectivity index (χ0n) is 19.3. The van der Waals surface area contributed by atoms with Crippen LogP contribution in [0.2, 0.25) is 0 Å². The van der Waals surface area contributed by atoms with E-state index in [1.54, 1.807) is 9.88 Å². The van der Waals surface area contributed by atoms with Crippen LogP contribution < -0.4 is 10.6 Å². The number of carbonyl (C=O) groups excluding carboxylic acids is 1. The topological polar surface area (TPSA) is 178 Å². The fourth-order valence-electron chi connectivity index (χ4n) is 3.75. The van der Waals surface area contributed by atoms with E-state index in [0.29, 0.717) is 11.2 Å². The zero-order chi connectivity index (χ0) is 27.4. The van der Waals surface area contributed by atoms with Crippen molar-refractivity contribution in [3.05, 3.63) is 52.1 Å². The van der Waals surface area contributed by atoms with Gasteiger partial charge in [0.2, 0.25) is 0 Å². The second-order valence-corrected chi connectivity index (χ2v) is 8.10. The van der Waals surface area contributed by atoms with Gasteiger partial charge in [-0.3, -0.25) is 19.5 Å². The summed E-state index contributed by atoms with van der Waals surface area (Å²) in [6.07, 6.45) is -4.28. The molecular weight excluding hydrogens is 515 g/mol. The molecule has 0 spiro atoms. The van der Waals surface area contributed by atoms with E-state index in [4.69, 9.17) is 4.74 Å². The predicted molar refractivity (Wildman–Crippen MR) is 123 cm³/mol. The van der Waals surface area contributed by atoms with Crippen molar-refractivity contribution in [1.29, 1.82) is 0 Å². The van der Waals surface area contributed by atoms with Crippen molar-refractivity contribution in [1.82, 2.24) is 24.8 Å². The summed E-state index contributed by atoms with van der Waals surface area (Å²) >= 11 is 0. The van der Waals surface area contributed by atoms with Gasteiger partial charge >= 0.3 is 12.1 Å². The molecule has 13 nitrogen and oxygen atoms in total. The molecule has 2 aromatic heterocycles. The number of hydrogen-bond acceptors (Lipinski definition) is 10. The molecule has 1 aromatic carbocycles. The van der Waals surface area contributed by atoms with Gasteiger partial charge in [0.05, 0.1) is 30.5 Å². The van der Waals surface area contributed by atoms with E-state index in [1.807, 2.05) is 0 Å². The Bertz CT molecular complexity index is 1420. The molecule has 1 amide bonds. The summed E-state index contributed by atoms with van der Waals surface area (Å²) in [6, 6.07) is 4.05. The number of rotatable bonds is 7. The van der Waals surface area contributed by atoms with E-state index in [2.05, 4.69) is 32.1 Å². The van der Waals surface area contributed by atoms with Crippen molar-refractivity contribution in [2.75, 3.05) is 18.5 Å². The molecule has 1 saturated heterocycles. The van der Waals surface area contributed by atoms with Gasteiger partial charge in [-0.05, 0) is 12.1 Å². The number of anilines is 1. The number of fused-ring (bicyclic) bond motifs is 1. The Morgan fingerprint density at radius 3 is 2.79 bits per heavy atom. The van der Waals surface area contributed by atoms with Crippen molar-refractivity contribution in [3.8, 4) is 11.8 Å². The molecule has 0 saturated carbocycles. The average Bonchev–Trinajstić information content (AvgIpc) is 3.48. The quantitative estimate of drug-likeness (QED) is 0.194. The number of halogens is 3. The third-order valence-electron chi connectivity index (χ3n) is 5.61. The van der Waals surface area contributed by atoms with E-state index in [9.17, 15) is 38.3 Å². The van der Waals surface area contributed by atoms with Gasteiger partial charge in [-0.1, -0.05) is 11.8 Å². The number of nitrogens with one attached hydrogen (secondary N) is 2. The molecule has 4 N–H and O–H groups in total. The molecule has 38 heavy (non-hydrogen) atoms. The van der Waals surface area contributed by atoms with Crippen LogP contribution in [-0.2, 0) is 16.1 Å². The lowest BCUT2D eigenvalue weighted by Gasteiger charge is -2.13. The summed E-state index contributed by atoms with van der Waals surface area (Å²) in [5.74, 6) is 2.94. The van der Waals surface area contributed by atoms with E-state index in [-0.39, 0.29) is 42.2 Å². The van der Waals surface area contributed by atoms with E-state index in [0.717, 1.165) is 0 Å². The number of carbonyl (C=O) groups is 1. The van der Waals surface area contributed by atoms with Gasteiger partial charge in [-0.25, -0.2) is 15.0 Å². The van der Waals surface area contributed by atoms with Gasteiger partial charge < -0.3 is 25.6 Å². The van der Waals surface area contributed by atoms with Crippen LogP contribution in [0, 0.1) is 22.0 Å². The molecule has 0 unspecified atom stereocenters. The molecule has 200 valence electrons. The molecule has 0 radical (unpaired) electrons. The molecule has 3 atom stereocenters. The Kier molecular flexibility index (Phi) is 7.71. The monoisotopic (exact) mass is 535 g/mol. The molecule has 3 aromatic rings. The highest BCUT2D eigenvalue weighted by molar-refractivity contribution is 5.83. The number of hydrogen-bond donors (Lipinski definition) is 4. The number of nitrogens with zero attached hydrogens (tertiary/aromatic N) is 5. The Morgan fingerprint density at radius 2 is 2.11 bits per heavy atom. The van der Waals surface area contributed by atoms with E-state index in [1.165, 1.54) is 30.9 Å². The Labute approximate surface area is 211 Å². The lowest BCUT2D eigenvalue weighted by molar-refractivity contribution is -0.385. The Hall–Kier alpha value is -4.33. The number of nitro benzene ring substituents is 1. The number of ether oxygens (including phenoxy) is 1. The number of benzene rings is 1. The van der Waals surface area contributed by atoms with Gasteiger partial charge in [0.15, 0.2) is 17.0 Å². The third kappa shape index (κ3) is 5.80. The maximum atomic E-state index is 12.2. The number of amides is 1. The SMILES string of the molecule is O=C(NCC#Cc1ccc(CNc2ncnc3c2ncn3[C@H]2C[C@H](O)[C@@H](CO)O2)c([N+](=O)[O-])c1)C(F)(F)F. The maximum Gasteiger partial charge on any atom is 0.471 e. The van der Waals surface area contributed by atoms with Gasteiger partial charge in [-0.15, -0.1) is 0 Å². The number of aliphatic hydroxyl groups excluding tert-OH is 2. The molecule has 1 aliphatic rings. The second-order valence-electron chi connectivity index (χ2n) is 8.10. The first-order valence-electron chi connectivity index (χ1n) is 11.1. The number of aromatic nitrogens is 4. The largest absolute Gasteiger partial charge is 0.471 e. The maximum absolute atomic E-state index is 12.2. The number of nitro groups is 1. The Balaban J connectivity index is 1.47. The molecule has 3 heterocycles. The van der Waals surface area contributed by atoms with Crippen molar-refractivity contribution >= 4 is 28.6 Å². The van der Waals surface area contributed by atoms with Crippen molar-refractivity contribution < 1.29 is 37.8 Å². The van der Waals surface area contributed by atoms with Crippen LogP contribution in [-0.4, -0.2) is 72.1 Å². The minimum atomic E-state index is -5.03. The molecule has 1 fully saturated rings. The first kappa shape index (κ1) is 26.7. The van der Waals surface area contributed by atoms with Crippen molar-refractivity contribution in [2.24, 2.45) is 0 Å². The highest BCUT2D eigenvalue weighted by Gasteiger charge is 2.38. The van der Waals surface area contributed by atoms with Crippen LogP contribution >= 0.6 is 0 Å². The Morgan fingerprint density at radius 1 is 1.32 bits per heavy atom. The lowest BCUT2D eigenvalue weighted by Crippen LogP contribution is -2.36. The highest BCUT2D eigenvalue weighted by atomic mass is 19.4. The van der Waals surface area contributed by atoms with Crippen LogP contribution in [0.3, 0.4) is 0 Å². The summed E-state index contributed by atoms with van der Waals surface area (Å²) in [7, 11) is 0. The lowest BCUT2D eigenvalue weighted by atomic mass is 10.1. The van der Waals surface area contributed by atoms with Crippen LogP contribution in [0.4, 0.5) is 24.7 Å². The standard InChI is InChI=1S/C22H20F3N7O6/c23-22(24,25)21(35)26-5-1-2-12-3-4-13(14(6-12)32(36)37)8-27-19-18-20(29-10-28-19)31(11-30-18)17-7-15(34)16(9-33)38-17/h3-4,6,10-11,15-17,33-34H,5,7-9H2,(H,26,35)(H,27,28,29)/t15-,16+,17+/m0/s1. The summed E-state index contributed by atoms with van der Waals surface area (Å²) < 4.78 is 43.8. The van der Waals surface area contributed by atoms with Gasteiger partial charge in [0, 0.05) is 30.2 Å². The fraction of sp³-hybridized carbons (Fsp3) is 0.364. The van der Waals surface area contributed by atoms with Crippen LogP contribution in [0.15, 0.2) is 30.9 Å². The molecule has 1 aliphatic heterocycles. The van der Waals surface area contributed by atoms with Crippen LogP contribution in [0.25, 0.3) is 11.2 Å². The summed E-state index contributed by atoms with van der Waals surface area (Å²) in [5, 5.41) is 35.5. The van der Waals surface area contributed by atoms with Gasteiger partial charge in [-0.2, -0.15) is 13.2 Å². The minimum absolute atomic E-state index is 0.0319. The number of imidazole rings is 1. The summed E-state index contributed by atoms with van der Waals surface area (Å²) in [4.78, 5) is 34.4.